The molecule has 0 saturated heterocycles. The maximum absolute atomic E-state index is 13.6. The van der Waals surface area contributed by atoms with E-state index in [0.717, 1.165) is 15.6 Å². The van der Waals surface area contributed by atoms with Crippen LogP contribution in [0.4, 0.5) is 5.69 Å². The minimum Gasteiger partial charge on any atom is -0.308 e. The highest BCUT2D eigenvalue weighted by Crippen LogP contribution is 2.33. The van der Waals surface area contributed by atoms with Gasteiger partial charge in [0.05, 0.1) is 11.4 Å². The number of rotatable bonds is 6. The SMILES string of the molecule is C[C@@H]1Cc2ccccc2N1C(=O)CN(Cc1c(Cl)cccc1Cl)S(=O)(=O)c1ccc(Cl)cc1. The normalized spacial score (nSPS) is 15.7. The monoisotopic (exact) mass is 522 g/mol. The highest BCUT2D eigenvalue weighted by Gasteiger charge is 2.35. The Kier molecular flexibility index (Phi) is 7.03. The van der Waals surface area contributed by atoms with E-state index >= 15 is 0 Å². The van der Waals surface area contributed by atoms with Crippen molar-refractivity contribution >= 4 is 56.4 Å². The van der Waals surface area contributed by atoms with Crippen LogP contribution in [0.15, 0.2) is 71.6 Å². The summed E-state index contributed by atoms with van der Waals surface area (Å²) in [7, 11) is -4.06. The molecule has 172 valence electrons. The fourth-order valence-electron chi connectivity index (χ4n) is 4.01. The second-order valence-corrected chi connectivity index (χ2v) is 11.1. The fraction of sp³-hybridized carbons (Fsp3) is 0.208. The van der Waals surface area contributed by atoms with Crippen LogP contribution in [-0.4, -0.2) is 31.2 Å². The van der Waals surface area contributed by atoms with Crippen LogP contribution in [0.25, 0.3) is 0 Å². The summed E-state index contributed by atoms with van der Waals surface area (Å²) in [5.74, 6) is -0.326. The van der Waals surface area contributed by atoms with E-state index in [0.29, 0.717) is 27.1 Å². The van der Waals surface area contributed by atoms with Crippen molar-refractivity contribution in [1.82, 2.24) is 4.31 Å². The van der Waals surface area contributed by atoms with Crippen molar-refractivity contribution in [3.05, 3.63) is 92.9 Å². The first-order chi connectivity index (χ1) is 15.7. The molecule has 0 fully saturated rings. The van der Waals surface area contributed by atoms with Gasteiger partial charge in [0.2, 0.25) is 15.9 Å². The van der Waals surface area contributed by atoms with Crippen molar-refractivity contribution < 1.29 is 13.2 Å². The van der Waals surface area contributed by atoms with E-state index in [1.165, 1.54) is 24.3 Å². The molecule has 3 aromatic carbocycles. The average Bonchev–Trinajstić information content (AvgIpc) is 3.11. The van der Waals surface area contributed by atoms with Crippen molar-refractivity contribution in [1.29, 1.82) is 0 Å². The van der Waals surface area contributed by atoms with E-state index in [2.05, 4.69) is 0 Å². The Morgan fingerprint density at radius 2 is 1.61 bits per heavy atom. The van der Waals surface area contributed by atoms with Crippen LogP contribution < -0.4 is 4.90 Å². The first kappa shape index (κ1) is 24.0. The zero-order valence-electron chi connectivity index (χ0n) is 17.7. The van der Waals surface area contributed by atoms with Crippen LogP contribution in [0.3, 0.4) is 0 Å². The standard InChI is InChI=1S/C24H21Cl3N2O3S/c1-16-13-17-5-2-3-8-23(17)29(16)24(30)15-28(14-20-21(26)6-4-7-22(20)27)33(31,32)19-11-9-18(25)10-12-19/h2-12,16H,13-15H2,1H3/t16-/m1/s1. The van der Waals surface area contributed by atoms with Gasteiger partial charge in [0.1, 0.15) is 0 Å². The van der Waals surface area contributed by atoms with Gasteiger partial charge in [-0.2, -0.15) is 4.31 Å². The van der Waals surface area contributed by atoms with Gasteiger partial charge >= 0.3 is 0 Å². The summed E-state index contributed by atoms with van der Waals surface area (Å²) in [5, 5.41) is 1.06. The molecule has 1 amide bonds. The Hall–Kier alpha value is -2.09. The van der Waals surface area contributed by atoms with Crippen molar-refractivity contribution in [3.8, 4) is 0 Å². The van der Waals surface area contributed by atoms with Gasteiger partial charge in [0, 0.05) is 38.9 Å². The van der Waals surface area contributed by atoms with E-state index in [1.54, 1.807) is 23.1 Å². The molecule has 0 radical (unpaired) electrons. The first-order valence-corrected chi connectivity index (χ1v) is 12.8. The first-order valence-electron chi connectivity index (χ1n) is 10.3. The molecule has 0 unspecified atom stereocenters. The number of hydrogen-bond acceptors (Lipinski definition) is 3. The van der Waals surface area contributed by atoms with E-state index in [-0.39, 0.29) is 29.9 Å². The summed E-state index contributed by atoms with van der Waals surface area (Å²) in [5.41, 5.74) is 2.29. The minimum atomic E-state index is -4.06. The molecule has 4 rings (SSSR count). The van der Waals surface area contributed by atoms with Gasteiger partial charge in [-0.1, -0.05) is 59.1 Å². The molecular weight excluding hydrogens is 503 g/mol. The van der Waals surface area contributed by atoms with Crippen molar-refractivity contribution in [2.45, 2.75) is 30.8 Å². The number of hydrogen-bond donors (Lipinski definition) is 0. The molecule has 0 saturated carbocycles. The topological polar surface area (TPSA) is 57.7 Å². The molecule has 0 aromatic heterocycles. The third-order valence-corrected chi connectivity index (χ3v) is 8.40. The number of carbonyl (C=O) groups is 1. The Morgan fingerprint density at radius 3 is 2.27 bits per heavy atom. The minimum absolute atomic E-state index is 0.0257. The number of halogens is 3. The Labute approximate surface area is 208 Å². The Morgan fingerprint density at radius 1 is 0.970 bits per heavy atom. The molecule has 33 heavy (non-hydrogen) atoms. The van der Waals surface area contributed by atoms with E-state index in [4.69, 9.17) is 34.8 Å². The van der Waals surface area contributed by atoms with Crippen LogP contribution in [0, 0.1) is 0 Å². The van der Waals surface area contributed by atoms with Gasteiger partial charge in [-0.15, -0.1) is 0 Å². The molecule has 0 spiro atoms. The molecular formula is C24H21Cl3N2O3S. The fourth-order valence-corrected chi connectivity index (χ4v) is 6.01. The molecule has 1 aliphatic rings. The number of sulfonamides is 1. The van der Waals surface area contributed by atoms with Crippen LogP contribution in [-0.2, 0) is 27.8 Å². The second-order valence-electron chi connectivity index (χ2n) is 7.87. The Balaban J connectivity index is 1.71. The van der Waals surface area contributed by atoms with Gasteiger partial charge in [0.25, 0.3) is 0 Å². The molecule has 1 atom stereocenters. The van der Waals surface area contributed by atoms with E-state index < -0.39 is 10.0 Å². The quantitative estimate of drug-likeness (QED) is 0.409. The van der Waals surface area contributed by atoms with Gasteiger partial charge in [-0.3, -0.25) is 4.79 Å². The number of carbonyl (C=O) groups excluding carboxylic acids is 1. The number of amides is 1. The summed E-state index contributed by atoms with van der Waals surface area (Å²) in [6.45, 7) is 1.42. The molecule has 3 aromatic rings. The van der Waals surface area contributed by atoms with E-state index in [9.17, 15) is 13.2 Å². The smallest absolute Gasteiger partial charge is 0.243 e. The van der Waals surface area contributed by atoms with Gasteiger partial charge < -0.3 is 4.90 Å². The summed E-state index contributed by atoms with van der Waals surface area (Å²) in [4.78, 5) is 15.1. The number of para-hydroxylation sites is 1. The zero-order chi connectivity index (χ0) is 23.8. The highest BCUT2D eigenvalue weighted by molar-refractivity contribution is 7.89. The lowest BCUT2D eigenvalue weighted by molar-refractivity contribution is -0.119. The zero-order valence-corrected chi connectivity index (χ0v) is 20.8. The maximum Gasteiger partial charge on any atom is 0.243 e. The van der Waals surface area contributed by atoms with Gasteiger partial charge in [0.15, 0.2) is 0 Å². The van der Waals surface area contributed by atoms with Crippen LogP contribution >= 0.6 is 34.8 Å². The second kappa shape index (κ2) is 9.65. The average molecular weight is 524 g/mol. The Bertz CT molecular complexity index is 1280. The predicted octanol–water partition coefficient (Wildman–Crippen LogP) is 5.82. The van der Waals surface area contributed by atoms with Gasteiger partial charge in [-0.05, 0) is 61.4 Å². The number of nitrogens with zero attached hydrogens (tertiary/aromatic N) is 2. The third-order valence-electron chi connectivity index (χ3n) is 5.64. The van der Waals surface area contributed by atoms with Gasteiger partial charge in [-0.25, -0.2) is 8.42 Å². The highest BCUT2D eigenvalue weighted by atomic mass is 35.5. The number of fused-ring (bicyclic) bond motifs is 1. The van der Waals surface area contributed by atoms with Crippen LogP contribution in [0.2, 0.25) is 15.1 Å². The van der Waals surface area contributed by atoms with Crippen molar-refractivity contribution in [3.63, 3.8) is 0 Å². The lowest BCUT2D eigenvalue weighted by atomic mass is 10.1. The molecule has 0 bridgehead atoms. The molecule has 9 heteroatoms. The summed E-state index contributed by atoms with van der Waals surface area (Å²) >= 11 is 18.6. The largest absolute Gasteiger partial charge is 0.308 e. The predicted molar refractivity (Wildman–Crippen MR) is 133 cm³/mol. The van der Waals surface area contributed by atoms with E-state index in [1.807, 2.05) is 31.2 Å². The molecule has 1 aliphatic heterocycles. The number of anilines is 1. The van der Waals surface area contributed by atoms with Crippen molar-refractivity contribution in [2.75, 3.05) is 11.4 Å². The van der Waals surface area contributed by atoms with Crippen LogP contribution in [0.5, 0.6) is 0 Å². The van der Waals surface area contributed by atoms with Crippen molar-refractivity contribution in [2.24, 2.45) is 0 Å². The summed E-state index contributed by atoms with van der Waals surface area (Å²) in [6.07, 6.45) is 0.711. The third kappa shape index (κ3) is 4.91. The molecule has 1 heterocycles. The van der Waals surface area contributed by atoms with Crippen LogP contribution in [0.1, 0.15) is 18.1 Å². The molecule has 0 aliphatic carbocycles. The lowest BCUT2D eigenvalue weighted by Gasteiger charge is -2.28. The maximum atomic E-state index is 13.6. The lowest BCUT2D eigenvalue weighted by Crippen LogP contribution is -2.44. The summed E-state index contributed by atoms with van der Waals surface area (Å²) < 4.78 is 28.3. The number of benzene rings is 3. The molecule has 0 N–H and O–H groups in total. The molecule has 5 nitrogen and oxygen atoms in total. The summed E-state index contributed by atoms with van der Waals surface area (Å²) in [6, 6.07) is 18.3.